The standard InChI is InChI=1S/C29H34O9/c1-14(30)37-25-22-16-12-27(25,3)18(10-20(31)35-5)28(4,23(22)33)17-6-8-26(2)19(29(16,17)34)11-21(32)38-24(26)15-7-9-36-13-15/h7,9,11,13,16-18,22,24-25,34H,6,8,10,12H2,1-5H3/t16-,17+,18-,22?,24-,25+,26+,27-,28+,29+/m0/s1. The number of carbonyl (C=O) groups is 4. The van der Waals surface area contributed by atoms with Crippen molar-refractivity contribution in [3.63, 3.8) is 0 Å². The van der Waals surface area contributed by atoms with E-state index in [0.29, 0.717) is 30.4 Å². The highest BCUT2D eigenvalue weighted by atomic mass is 16.6. The topological polar surface area (TPSA) is 129 Å². The van der Waals surface area contributed by atoms with E-state index in [2.05, 4.69) is 0 Å². The Morgan fingerprint density at radius 2 is 1.95 bits per heavy atom. The van der Waals surface area contributed by atoms with Crippen LogP contribution >= 0.6 is 0 Å². The van der Waals surface area contributed by atoms with Gasteiger partial charge in [-0.25, -0.2) is 4.79 Å². The van der Waals surface area contributed by atoms with E-state index < -0.39 is 75.6 Å². The van der Waals surface area contributed by atoms with Crippen molar-refractivity contribution in [1.29, 1.82) is 0 Å². The normalized spacial score (nSPS) is 46.5. The number of cyclic esters (lactones) is 1. The summed E-state index contributed by atoms with van der Waals surface area (Å²) in [6.45, 7) is 7.11. The van der Waals surface area contributed by atoms with Gasteiger partial charge < -0.3 is 23.7 Å². The first kappa shape index (κ1) is 25.3. The van der Waals surface area contributed by atoms with Crippen molar-refractivity contribution >= 4 is 23.7 Å². The molecule has 9 nitrogen and oxygen atoms in total. The highest BCUT2D eigenvalue weighted by molar-refractivity contribution is 5.94. The van der Waals surface area contributed by atoms with Gasteiger partial charge in [0.05, 0.1) is 31.2 Å². The third kappa shape index (κ3) is 2.86. The summed E-state index contributed by atoms with van der Waals surface area (Å²) in [5.74, 6) is -4.01. The largest absolute Gasteiger partial charge is 0.472 e. The number of Topliss-reactive ketones (excluding diaryl/α,β-unsaturated/α-hetero) is 1. The first-order valence-corrected chi connectivity index (χ1v) is 13.3. The Labute approximate surface area is 220 Å². The number of hydrogen-bond donors (Lipinski definition) is 1. The number of esters is 3. The molecule has 9 heteroatoms. The summed E-state index contributed by atoms with van der Waals surface area (Å²) in [7, 11) is 1.31. The van der Waals surface area contributed by atoms with E-state index >= 15 is 0 Å². The van der Waals surface area contributed by atoms with Crippen LogP contribution in [0.4, 0.5) is 0 Å². The molecule has 1 aliphatic heterocycles. The van der Waals surface area contributed by atoms with Crippen LogP contribution in [0.15, 0.2) is 34.7 Å². The fraction of sp³-hybridized carbons (Fsp3) is 0.655. The second kappa shape index (κ2) is 7.81. The van der Waals surface area contributed by atoms with Crippen molar-refractivity contribution < 1.29 is 42.9 Å². The Morgan fingerprint density at radius 3 is 2.58 bits per heavy atom. The van der Waals surface area contributed by atoms with Crippen LogP contribution in [0.3, 0.4) is 0 Å². The third-order valence-electron chi connectivity index (χ3n) is 11.1. The minimum absolute atomic E-state index is 0.0327. The average Bonchev–Trinajstić information content (AvgIpc) is 3.46. The number of carbonyl (C=O) groups excluding carboxylic acids is 4. The van der Waals surface area contributed by atoms with Crippen LogP contribution in [-0.4, -0.2) is 47.6 Å². The lowest BCUT2D eigenvalue weighted by molar-refractivity contribution is -0.222. The number of ether oxygens (including phenoxy) is 3. The van der Waals surface area contributed by atoms with Gasteiger partial charge >= 0.3 is 17.9 Å². The molecule has 204 valence electrons. The number of rotatable bonds is 4. The zero-order chi connectivity index (χ0) is 27.4. The van der Waals surface area contributed by atoms with Gasteiger partial charge in [-0.05, 0) is 36.8 Å². The molecule has 1 unspecified atom stereocenters. The van der Waals surface area contributed by atoms with Crippen molar-refractivity contribution in [3.8, 4) is 0 Å². The first-order valence-electron chi connectivity index (χ1n) is 13.3. The molecule has 0 aromatic carbocycles. The fourth-order valence-corrected chi connectivity index (χ4v) is 9.61. The van der Waals surface area contributed by atoms with Gasteiger partial charge in [0.2, 0.25) is 0 Å². The zero-order valence-corrected chi connectivity index (χ0v) is 22.3. The van der Waals surface area contributed by atoms with Crippen LogP contribution in [0.2, 0.25) is 0 Å². The van der Waals surface area contributed by atoms with Crippen LogP contribution in [0.5, 0.6) is 0 Å². The second-order valence-electron chi connectivity index (χ2n) is 12.6. The van der Waals surface area contributed by atoms with Gasteiger partial charge in [0.1, 0.15) is 18.0 Å². The van der Waals surface area contributed by atoms with E-state index in [9.17, 15) is 24.3 Å². The van der Waals surface area contributed by atoms with Gasteiger partial charge in [0.25, 0.3) is 0 Å². The van der Waals surface area contributed by atoms with Crippen molar-refractivity contribution in [2.75, 3.05) is 7.11 Å². The Bertz CT molecular complexity index is 1260. The van der Waals surface area contributed by atoms with E-state index in [1.54, 1.807) is 12.3 Å². The van der Waals surface area contributed by atoms with E-state index in [1.165, 1.54) is 26.4 Å². The van der Waals surface area contributed by atoms with Crippen LogP contribution in [0, 0.1) is 39.9 Å². The Hall–Kier alpha value is -2.94. The predicted octanol–water partition coefficient (Wildman–Crippen LogP) is 3.31. The summed E-state index contributed by atoms with van der Waals surface area (Å²) >= 11 is 0. The van der Waals surface area contributed by atoms with E-state index in [-0.39, 0.29) is 12.2 Å². The minimum Gasteiger partial charge on any atom is -0.472 e. The summed E-state index contributed by atoms with van der Waals surface area (Å²) in [5.41, 5.74) is -2.87. The van der Waals surface area contributed by atoms with Gasteiger partial charge in [-0.1, -0.05) is 20.8 Å². The quantitative estimate of drug-likeness (QED) is 0.464. The summed E-state index contributed by atoms with van der Waals surface area (Å²) in [6.07, 6.45) is 4.41. The summed E-state index contributed by atoms with van der Waals surface area (Å²) in [6, 6.07) is 1.76. The molecule has 1 N–H and O–H groups in total. The van der Waals surface area contributed by atoms with Crippen LogP contribution in [-0.2, 0) is 33.4 Å². The molecule has 38 heavy (non-hydrogen) atoms. The van der Waals surface area contributed by atoms with Crippen molar-refractivity contribution in [1.82, 2.24) is 0 Å². The van der Waals surface area contributed by atoms with E-state index in [0.717, 1.165) is 0 Å². The molecule has 0 spiro atoms. The molecule has 3 bridgehead atoms. The molecule has 10 atom stereocenters. The maximum atomic E-state index is 14.4. The summed E-state index contributed by atoms with van der Waals surface area (Å²) in [5, 5.41) is 13.0. The molecular formula is C29H34O9. The number of hydrogen-bond acceptors (Lipinski definition) is 9. The maximum absolute atomic E-state index is 14.4. The minimum atomic E-state index is -1.54. The van der Waals surface area contributed by atoms with Crippen molar-refractivity contribution in [3.05, 3.63) is 35.8 Å². The third-order valence-corrected chi connectivity index (χ3v) is 11.1. The fourth-order valence-electron chi connectivity index (χ4n) is 9.61. The summed E-state index contributed by atoms with van der Waals surface area (Å²) < 4.78 is 22.0. The number of aliphatic hydroxyl groups is 1. The predicted molar refractivity (Wildman–Crippen MR) is 130 cm³/mol. The summed E-state index contributed by atoms with van der Waals surface area (Å²) in [4.78, 5) is 52.3. The lowest BCUT2D eigenvalue weighted by Gasteiger charge is -2.65. The van der Waals surface area contributed by atoms with Crippen molar-refractivity contribution in [2.45, 2.75) is 71.2 Å². The average molecular weight is 527 g/mol. The Morgan fingerprint density at radius 1 is 1.21 bits per heavy atom. The van der Waals surface area contributed by atoms with Gasteiger partial charge in [-0.2, -0.15) is 0 Å². The molecule has 0 amide bonds. The molecule has 1 aromatic heterocycles. The number of ketones is 1. The first-order chi connectivity index (χ1) is 17.8. The number of furan rings is 1. The second-order valence-corrected chi connectivity index (χ2v) is 12.6. The highest BCUT2D eigenvalue weighted by Crippen LogP contribution is 2.77. The van der Waals surface area contributed by atoms with Gasteiger partial charge in [0.15, 0.2) is 0 Å². The molecule has 0 saturated heterocycles. The molecule has 6 rings (SSSR count). The molecule has 1 aromatic rings. The molecule has 2 heterocycles. The lowest BCUT2D eigenvalue weighted by atomic mass is 9.39. The maximum Gasteiger partial charge on any atom is 0.331 e. The monoisotopic (exact) mass is 526 g/mol. The number of methoxy groups -OCH3 is 1. The smallest absolute Gasteiger partial charge is 0.331 e. The van der Waals surface area contributed by atoms with Gasteiger partial charge in [0, 0.05) is 53.1 Å². The van der Waals surface area contributed by atoms with Crippen LogP contribution < -0.4 is 0 Å². The zero-order valence-electron chi connectivity index (χ0n) is 22.3. The van der Waals surface area contributed by atoms with Crippen LogP contribution in [0.1, 0.15) is 65.0 Å². The molecular weight excluding hydrogens is 492 g/mol. The lowest BCUT2D eigenvalue weighted by Crippen LogP contribution is -2.72. The van der Waals surface area contributed by atoms with Gasteiger partial charge in [-0.15, -0.1) is 0 Å². The van der Waals surface area contributed by atoms with Crippen LogP contribution in [0.25, 0.3) is 0 Å². The molecule has 4 saturated carbocycles. The Kier molecular flexibility index (Phi) is 5.21. The van der Waals surface area contributed by atoms with Crippen molar-refractivity contribution in [2.24, 2.45) is 39.9 Å². The molecule has 4 fully saturated rings. The molecule has 4 aliphatic carbocycles. The van der Waals surface area contributed by atoms with E-state index in [1.807, 2.05) is 20.8 Å². The van der Waals surface area contributed by atoms with Gasteiger partial charge in [-0.3, -0.25) is 14.4 Å². The SMILES string of the molecule is COC(=O)C[C@H]1[C@]2(C)C[C@H]3C(C(=O)[C@]1(C)[C@H]1CC[C@]4(C)C(=CC(=O)O[C@H]4c4ccoc4)[C@]13O)[C@H]2OC(C)=O. The van der Waals surface area contributed by atoms with E-state index in [4.69, 9.17) is 18.6 Å². The highest BCUT2D eigenvalue weighted by Gasteiger charge is 2.82. The molecule has 0 radical (unpaired) electrons. The number of fused-ring (bicyclic) bond motifs is 7. The molecule has 5 aliphatic rings. The Balaban J connectivity index is 1.56.